The monoisotopic (exact) mass is 291 g/mol. The van der Waals surface area contributed by atoms with Crippen molar-refractivity contribution in [3.8, 4) is 5.75 Å². The summed E-state index contributed by atoms with van der Waals surface area (Å²) in [4.78, 5) is 16.4. The van der Waals surface area contributed by atoms with Crippen molar-refractivity contribution in [3.05, 3.63) is 35.7 Å². The summed E-state index contributed by atoms with van der Waals surface area (Å²) < 4.78 is 5.11. The molecule has 0 radical (unpaired) electrons. The van der Waals surface area contributed by atoms with Crippen molar-refractivity contribution in [2.45, 2.75) is 24.9 Å². The van der Waals surface area contributed by atoms with Crippen molar-refractivity contribution in [1.29, 1.82) is 0 Å². The third-order valence-corrected chi connectivity index (χ3v) is 3.60. The summed E-state index contributed by atoms with van der Waals surface area (Å²) in [6.45, 7) is 4.08. The van der Waals surface area contributed by atoms with E-state index in [9.17, 15) is 4.79 Å². The number of hydrogen-bond acceptors (Lipinski definition) is 5. The molecular formula is C14H17N3O2S. The van der Waals surface area contributed by atoms with Crippen LogP contribution in [0.25, 0.3) is 0 Å². The minimum absolute atomic E-state index is 0.0322. The van der Waals surface area contributed by atoms with Gasteiger partial charge in [0.15, 0.2) is 5.78 Å². The second-order valence-electron chi connectivity index (χ2n) is 4.60. The zero-order valence-electron chi connectivity index (χ0n) is 11.7. The summed E-state index contributed by atoms with van der Waals surface area (Å²) >= 11 is 1.33. The van der Waals surface area contributed by atoms with Crippen molar-refractivity contribution in [2.24, 2.45) is 0 Å². The molecule has 0 fully saturated rings. The van der Waals surface area contributed by atoms with E-state index < -0.39 is 0 Å². The van der Waals surface area contributed by atoms with Crippen LogP contribution in [0.1, 0.15) is 35.9 Å². The summed E-state index contributed by atoms with van der Waals surface area (Å²) in [6, 6.07) is 7.14. The van der Waals surface area contributed by atoms with Crippen molar-refractivity contribution >= 4 is 17.5 Å². The zero-order chi connectivity index (χ0) is 14.5. The number of ketones is 1. The van der Waals surface area contributed by atoms with Gasteiger partial charge < -0.3 is 4.74 Å². The first kappa shape index (κ1) is 14.6. The summed E-state index contributed by atoms with van der Waals surface area (Å²) in [7, 11) is 1.58. The molecule has 0 aliphatic carbocycles. The lowest BCUT2D eigenvalue weighted by Crippen LogP contribution is -2.02. The van der Waals surface area contributed by atoms with Gasteiger partial charge in [-0.15, -0.1) is 5.10 Å². The third kappa shape index (κ3) is 3.60. The minimum Gasteiger partial charge on any atom is -0.497 e. The molecule has 1 N–H and O–H groups in total. The Bertz CT molecular complexity index is 596. The largest absolute Gasteiger partial charge is 0.497 e. The number of aromatic nitrogens is 3. The highest BCUT2D eigenvalue weighted by atomic mass is 32.2. The molecule has 0 aliphatic heterocycles. The number of ether oxygens (including phenoxy) is 1. The van der Waals surface area contributed by atoms with Gasteiger partial charge in [-0.05, 0) is 12.1 Å². The number of carbonyl (C=O) groups is 1. The van der Waals surface area contributed by atoms with Crippen LogP contribution in [0, 0.1) is 0 Å². The Labute approximate surface area is 122 Å². The van der Waals surface area contributed by atoms with Crippen LogP contribution in [0.2, 0.25) is 0 Å². The van der Waals surface area contributed by atoms with Gasteiger partial charge in [0.25, 0.3) is 0 Å². The molecule has 0 saturated heterocycles. The molecule has 2 rings (SSSR count). The predicted octanol–water partition coefficient (Wildman–Crippen LogP) is 2.91. The van der Waals surface area contributed by atoms with Gasteiger partial charge in [0.05, 0.1) is 12.9 Å². The fourth-order valence-electron chi connectivity index (χ4n) is 1.59. The number of nitrogens with one attached hydrogen (secondary N) is 1. The maximum Gasteiger partial charge on any atom is 0.208 e. The summed E-state index contributed by atoms with van der Waals surface area (Å²) in [5, 5.41) is 7.56. The van der Waals surface area contributed by atoms with Gasteiger partial charge in [0.1, 0.15) is 11.6 Å². The van der Waals surface area contributed by atoms with E-state index >= 15 is 0 Å². The number of nitrogens with zero attached hydrogens (tertiary/aromatic N) is 2. The van der Waals surface area contributed by atoms with Crippen molar-refractivity contribution < 1.29 is 9.53 Å². The van der Waals surface area contributed by atoms with Crippen molar-refractivity contribution in [3.63, 3.8) is 0 Å². The molecule has 1 aromatic carbocycles. The molecule has 0 amide bonds. The highest BCUT2D eigenvalue weighted by Crippen LogP contribution is 2.19. The molecule has 1 heterocycles. The van der Waals surface area contributed by atoms with Crippen LogP contribution < -0.4 is 4.74 Å². The number of thioether (sulfide) groups is 1. The minimum atomic E-state index is 0.0322. The SMILES string of the molecule is COc1cccc(C(=O)CSc2n[nH]c(C(C)C)n2)c1. The lowest BCUT2D eigenvalue weighted by atomic mass is 10.1. The number of Topliss-reactive ketones (excluding diaryl/α,β-unsaturated/α-hetero) is 1. The first-order chi connectivity index (χ1) is 9.60. The third-order valence-electron chi connectivity index (χ3n) is 2.75. The fourth-order valence-corrected chi connectivity index (χ4v) is 2.29. The quantitative estimate of drug-likeness (QED) is 0.654. The van der Waals surface area contributed by atoms with Gasteiger partial charge in [-0.2, -0.15) is 0 Å². The first-order valence-corrected chi connectivity index (χ1v) is 7.31. The van der Waals surface area contributed by atoms with E-state index in [0.717, 1.165) is 5.82 Å². The topological polar surface area (TPSA) is 67.9 Å². The highest BCUT2D eigenvalue weighted by molar-refractivity contribution is 7.99. The molecule has 0 saturated carbocycles. The smallest absolute Gasteiger partial charge is 0.208 e. The number of methoxy groups -OCH3 is 1. The summed E-state index contributed by atoms with van der Waals surface area (Å²) in [5.74, 6) is 2.15. The average Bonchev–Trinajstić information content (AvgIpc) is 2.94. The van der Waals surface area contributed by atoms with E-state index in [1.54, 1.807) is 25.3 Å². The van der Waals surface area contributed by atoms with Crippen LogP contribution in [0.5, 0.6) is 5.75 Å². The van der Waals surface area contributed by atoms with E-state index in [2.05, 4.69) is 15.2 Å². The fraction of sp³-hybridized carbons (Fsp3) is 0.357. The standard InChI is InChI=1S/C14H17N3O2S/c1-9(2)13-15-14(17-16-13)20-8-12(18)10-5-4-6-11(7-10)19-3/h4-7,9H,8H2,1-3H3,(H,15,16,17). The molecule has 1 aromatic heterocycles. The molecule has 0 atom stereocenters. The van der Waals surface area contributed by atoms with Crippen molar-refractivity contribution in [2.75, 3.05) is 12.9 Å². The highest BCUT2D eigenvalue weighted by Gasteiger charge is 2.11. The lowest BCUT2D eigenvalue weighted by Gasteiger charge is -2.02. The van der Waals surface area contributed by atoms with Gasteiger partial charge in [-0.25, -0.2) is 4.98 Å². The molecule has 6 heteroatoms. The number of carbonyl (C=O) groups excluding carboxylic acids is 1. The molecule has 20 heavy (non-hydrogen) atoms. The Kier molecular flexibility index (Phi) is 4.79. The van der Waals surface area contributed by atoms with Gasteiger partial charge >= 0.3 is 0 Å². The number of hydrogen-bond donors (Lipinski definition) is 1. The average molecular weight is 291 g/mol. The van der Waals surface area contributed by atoms with Crippen LogP contribution in [0.15, 0.2) is 29.4 Å². The summed E-state index contributed by atoms with van der Waals surface area (Å²) in [5.41, 5.74) is 0.636. The van der Waals surface area contributed by atoms with Crippen LogP contribution in [0.3, 0.4) is 0 Å². The number of aromatic amines is 1. The van der Waals surface area contributed by atoms with Crippen LogP contribution in [-0.2, 0) is 0 Å². The molecule has 0 spiro atoms. The maximum absolute atomic E-state index is 12.1. The van der Waals surface area contributed by atoms with E-state index in [0.29, 0.717) is 28.1 Å². The normalized spacial score (nSPS) is 10.8. The van der Waals surface area contributed by atoms with E-state index in [4.69, 9.17) is 4.74 Å². The Morgan fingerprint density at radius 3 is 2.90 bits per heavy atom. The van der Waals surface area contributed by atoms with Gasteiger partial charge in [0.2, 0.25) is 5.16 Å². The second kappa shape index (κ2) is 6.56. The Balaban J connectivity index is 1.97. The van der Waals surface area contributed by atoms with Crippen LogP contribution >= 0.6 is 11.8 Å². The Morgan fingerprint density at radius 1 is 1.45 bits per heavy atom. The predicted molar refractivity (Wildman–Crippen MR) is 78.5 cm³/mol. The Morgan fingerprint density at radius 2 is 2.25 bits per heavy atom. The molecule has 106 valence electrons. The molecule has 0 unspecified atom stereocenters. The molecule has 2 aromatic rings. The Hall–Kier alpha value is -1.82. The molecular weight excluding hydrogens is 274 g/mol. The van der Waals surface area contributed by atoms with E-state index in [1.807, 2.05) is 19.9 Å². The van der Waals surface area contributed by atoms with Gasteiger partial charge in [0, 0.05) is 11.5 Å². The second-order valence-corrected chi connectivity index (χ2v) is 5.54. The van der Waals surface area contributed by atoms with Crippen molar-refractivity contribution in [1.82, 2.24) is 15.2 Å². The number of H-pyrrole nitrogens is 1. The molecule has 0 aliphatic rings. The number of rotatable bonds is 6. The lowest BCUT2D eigenvalue weighted by molar-refractivity contribution is 0.102. The first-order valence-electron chi connectivity index (χ1n) is 6.32. The molecule has 0 bridgehead atoms. The number of benzene rings is 1. The molecule has 5 nitrogen and oxygen atoms in total. The summed E-state index contributed by atoms with van der Waals surface area (Å²) in [6.07, 6.45) is 0. The van der Waals surface area contributed by atoms with Crippen LogP contribution in [0.4, 0.5) is 0 Å². The van der Waals surface area contributed by atoms with E-state index in [1.165, 1.54) is 11.8 Å². The van der Waals surface area contributed by atoms with E-state index in [-0.39, 0.29) is 5.78 Å². The van der Waals surface area contributed by atoms with Crippen LogP contribution in [-0.4, -0.2) is 33.8 Å². The maximum atomic E-state index is 12.1. The van der Waals surface area contributed by atoms with Gasteiger partial charge in [-0.3, -0.25) is 9.89 Å². The van der Waals surface area contributed by atoms with Gasteiger partial charge in [-0.1, -0.05) is 37.7 Å². The zero-order valence-corrected chi connectivity index (χ0v) is 12.5.